The van der Waals surface area contributed by atoms with Gasteiger partial charge >= 0.3 is 0 Å². The van der Waals surface area contributed by atoms with Crippen molar-refractivity contribution in [1.82, 2.24) is 4.57 Å². The monoisotopic (exact) mass is 475 g/mol. The zero-order valence-corrected chi connectivity index (χ0v) is 23.1. The number of aryl methyl sites for hydroxylation is 2. The molecule has 0 aliphatic carbocycles. The number of para-hydroxylation sites is 2. The highest BCUT2D eigenvalue weighted by Gasteiger charge is 2.24. The van der Waals surface area contributed by atoms with E-state index in [0.29, 0.717) is 17.8 Å². The van der Waals surface area contributed by atoms with E-state index in [-0.39, 0.29) is 0 Å². The van der Waals surface area contributed by atoms with Crippen LogP contribution >= 0.6 is 0 Å². The fourth-order valence-corrected chi connectivity index (χ4v) is 5.65. The molecule has 184 valence electrons. The lowest BCUT2D eigenvalue weighted by molar-refractivity contribution is -0.665. The van der Waals surface area contributed by atoms with Crippen molar-refractivity contribution in [3.63, 3.8) is 0 Å². The van der Waals surface area contributed by atoms with Gasteiger partial charge in [-0.05, 0) is 82.3 Å². The molecule has 0 N–H and O–H groups in total. The molecule has 0 unspecified atom stereocenters. The molecular weight excluding hydrogens is 436 g/mol. The lowest BCUT2D eigenvalue weighted by Gasteiger charge is -2.23. The van der Waals surface area contributed by atoms with E-state index in [4.69, 9.17) is 0 Å². The van der Waals surface area contributed by atoms with Crippen molar-refractivity contribution in [3.8, 4) is 16.9 Å². The van der Waals surface area contributed by atoms with Gasteiger partial charge in [-0.1, -0.05) is 77.9 Å². The van der Waals surface area contributed by atoms with Gasteiger partial charge in [0, 0.05) is 16.8 Å². The fraction of sp³-hybridized carbons (Fsp3) is 0.324. The minimum atomic E-state index is 0.448. The van der Waals surface area contributed by atoms with Crippen LogP contribution in [0.2, 0.25) is 0 Å². The number of pyridine rings is 1. The third-order valence-electron chi connectivity index (χ3n) is 7.67. The van der Waals surface area contributed by atoms with Crippen LogP contribution < -0.4 is 4.57 Å². The van der Waals surface area contributed by atoms with E-state index in [2.05, 4.69) is 138 Å². The van der Waals surface area contributed by atoms with Crippen LogP contribution in [-0.2, 0) is 7.05 Å². The second-order valence-corrected chi connectivity index (χ2v) is 11.2. The number of fused-ring (bicyclic) bond motifs is 3. The van der Waals surface area contributed by atoms with Gasteiger partial charge in [-0.25, -0.2) is 4.57 Å². The molecular formula is C34H39N2+. The van der Waals surface area contributed by atoms with Gasteiger partial charge in [0.1, 0.15) is 11.0 Å². The van der Waals surface area contributed by atoms with E-state index in [1.54, 1.807) is 0 Å². The van der Waals surface area contributed by atoms with Crippen molar-refractivity contribution in [1.29, 1.82) is 0 Å². The molecule has 0 bridgehead atoms. The SMILES string of the molecule is Cc1cccc2c3ccccc3n(-c3cc(-c4c(C(C)C)cc(C(C)C)cc4C(C)C)cc[n+]3C)c12. The maximum Gasteiger partial charge on any atom is 0.287 e. The summed E-state index contributed by atoms with van der Waals surface area (Å²) in [6.07, 6.45) is 2.23. The molecule has 0 saturated heterocycles. The Morgan fingerprint density at radius 1 is 0.694 bits per heavy atom. The first-order valence-corrected chi connectivity index (χ1v) is 13.4. The zero-order chi connectivity index (χ0) is 25.7. The van der Waals surface area contributed by atoms with Gasteiger partial charge in [-0.15, -0.1) is 0 Å². The number of hydrogen-bond donors (Lipinski definition) is 0. The van der Waals surface area contributed by atoms with Crippen molar-refractivity contribution < 1.29 is 4.57 Å². The van der Waals surface area contributed by atoms with Crippen LogP contribution in [0.4, 0.5) is 0 Å². The molecule has 0 aliphatic rings. The van der Waals surface area contributed by atoms with Gasteiger partial charge in [0.05, 0.1) is 13.2 Å². The normalized spacial score (nSPS) is 12.1. The maximum atomic E-state index is 2.45. The van der Waals surface area contributed by atoms with E-state index < -0.39 is 0 Å². The third kappa shape index (κ3) is 3.93. The van der Waals surface area contributed by atoms with Crippen LogP contribution in [0.15, 0.2) is 72.9 Å². The average Bonchev–Trinajstić information content (AvgIpc) is 3.19. The molecule has 0 aliphatic heterocycles. The van der Waals surface area contributed by atoms with Gasteiger partial charge in [0.25, 0.3) is 5.82 Å². The molecule has 0 amide bonds. The molecule has 2 heterocycles. The maximum absolute atomic E-state index is 2.45. The summed E-state index contributed by atoms with van der Waals surface area (Å²) in [4.78, 5) is 0. The highest BCUT2D eigenvalue weighted by atomic mass is 15.1. The number of rotatable bonds is 5. The zero-order valence-electron chi connectivity index (χ0n) is 23.1. The molecule has 0 saturated carbocycles. The highest BCUT2D eigenvalue weighted by Crippen LogP contribution is 2.40. The minimum Gasteiger partial charge on any atom is -0.237 e. The van der Waals surface area contributed by atoms with E-state index in [9.17, 15) is 0 Å². The Kier molecular flexibility index (Phi) is 6.24. The Balaban J connectivity index is 1.85. The predicted molar refractivity (Wildman–Crippen MR) is 154 cm³/mol. The van der Waals surface area contributed by atoms with Crippen molar-refractivity contribution in [3.05, 3.63) is 95.2 Å². The van der Waals surface area contributed by atoms with Gasteiger partial charge in [-0.3, -0.25) is 0 Å². The molecule has 36 heavy (non-hydrogen) atoms. The minimum absolute atomic E-state index is 0.448. The summed E-state index contributed by atoms with van der Waals surface area (Å²) in [5.74, 6) is 2.59. The van der Waals surface area contributed by atoms with E-state index in [1.807, 2.05) is 0 Å². The molecule has 0 atom stereocenters. The summed E-state index contributed by atoms with van der Waals surface area (Å²) < 4.78 is 4.71. The summed E-state index contributed by atoms with van der Waals surface area (Å²) in [6.45, 7) is 16.1. The average molecular weight is 476 g/mol. The van der Waals surface area contributed by atoms with E-state index >= 15 is 0 Å². The molecule has 0 spiro atoms. The fourth-order valence-electron chi connectivity index (χ4n) is 5.65. The molecule has 5 aromatic rings. The standard InChI is InChI=1S/C34H39N2/c1-21(2)26-18-29(22(3)4)33(30(19-26)23(5)6)25-16-17-35(8)32(20-25)36-31-15-10-9-13-27(31)28-14-11-12-24(7)34(28)36/h9-23H,1-8H3/q+1. The molecule has 2 heteroatoms. The first kappa shape index (κ1) is 24.3. The Morgan fingerprint density at radius 2 is 1.33 bits per heavy atom. The van der Waals surface area contributed by atoms with Crippen molar-refractivity contribution in [2.75, 3.05) is 0 Å². The van der Waals surface area contributed by atoms with Crippen LogP contribution in [0.1, 0.15) is 81.5 Å². The molecule has 0 fully saturated rings. The summed E-state index contributed by atoms with van der Waals surface area (Å²) >= 11 is 0. The van der Waals surface area contributed by atoms with Crippen LogP contribution in [0.3, 0.4) is 0 Å². The molecule has 2 aromatic heterocycles. The summed E-state index contributed by atoms with van der Waals surface area (Å²) in [5.41, 5.74) is 10.9. The summed E-state index contributed by atoms with van der Waals surface area (Å²) in [6, 6.07) is 25.0. The molecule has 0 radical (unpaired) electrons. The van der Waals surface area contributed by atoms with Crippen LogP contribution in [0.5, 0.6) is 0 Å². The number of benzene rings is 3. The first-order valence-electron chi connectivity index (χ1n) is 13.4. The Hall–Kier alpha value is -3.39. The van der Waals surface area contributed by atoms with E-state index in [0.717, 1.165) is 0 Å². The van der Waals surface area contributed by atoms with Crippen LogP contribution in [0.25, 0.3) is 38.8 Å². The summed E-state index contributed by atoms with van der Waals surface area (Å²) in [7, 11) is 2.16. The second-order valence-electron chi connectivity index (χ2n) is 11.2. The van der Waals surface area contributed by atoms with Crippen LogP contribution in [0, 0.1) is 6.92 Å². The smallest absolute Gasteiger partial charge is 0.237 e. The molecule has 3 aromatic carbocycles. The topological polar surface area (TPSA) is 8.81 Å². The first-order chi connectivity index (χ1) is 17.2. The van der Waals surface area contributed by atoms with Gasteiger partial charge in [-0.2, -0.15) is 4.57 Å². The number of aromatic nitrogens is 2. The number of nitrogens with zero attached hydrogens (tertiary/aromatic N) is 2. The third-order valence-corrected chi connectivity index (χ3v) is 7.67. The molecule has 5 rings (SSSR count). The predicted octanol–water partition coefficient (Wildman–Crippen LogP) is 8.95. The van der Waals surface area contributed by atoms with E-state index in [1.165, 1.54) is 61.0 Å². The Morgan fingerprint density at radius 3 is 1.97 bits per heavy atom. The largest absolute Gasteiger partial charge is 0.287 e. The molecule has 2 nitrogen and oxygen atoms in total. The quantitative estimate of drug-likeness (QED) is 0.224. The lowest BCUT2D eigenvalue weighted by Crippen LogP contribution is -2.33. The van der Waals surface area contributed by atoms with Crippen LogP contribution in [-0.4, -0.2) is 4.57 Å². The number of hydrogen-bond acceptors (Lipinski definition) is 0. The second kappa shape index (κ2) is 9.24. The van der Waals surface area contributed by atoms with Gasteiger partial charge in [0.2, 0.25) is 0 Å². The summed E-state index contributed by atoms with van der Waals surface area (Å²) in [5, 5.41) is 2.61. The Labute approximate surface area is 216 Å². The van der Waals surface area contributed by atoms with Crippen molar-refractivity contribution in [2.24, 2.45) is 7.05 Å². The lowest BCUT2D eigenvalue weighted by atomic mass is 9.82. The highest BCUT2D eigenvalue weighted by molar-refractivity contribution is 6.10. The van der Waals surface area contributed by atoms with Gasteiger partial charge < -0.3 is 0 Å². The van der Waals surface area contributed by atoms with Gasteiger partial charge in [0.15, 0.2) is 0 Å². The Bertz CT molecular complexity index is 1550. The van der Waals surface area contributed by atoms with Crippen molar-refractivity contribution in [2.45, 2.75) is 66.2 Å². The van der Waals surface area contributed by atoms with Crippen molar-refractivity contribution >= 4 is 21.8 Å².